The van der Waals surface area contributed by atoms with Crippen LogP contribution in [0.15, 0.2) is 60.7 Å². The zero-order chi connectivity index (χ0) is 22.6. The van der Waals surface area contributed by atoms with E-state index in [4.69, 9.17) is 16.3 Å². The van der Waals surface area contributed by atoms with E-state index < -0.39 is 11.7 Å². The minimum absolute atomic E-state index is 0.500. The minimum atomic E-state index is -0.605. The van der Waals surface area contributed by atoms with Crippen LogP contribution in [0.1, 0.15) is 42.9 Å². The van der Waals surface area contributed by atoms with Crippen molar-refractivity contribution in [1.82, 2.24) is 4.90 Å². The number of hydrogen-bond donors (Lipinski definition) is 2. The molecule has 0 spiro atoms. The van der Waals surface area contributed by atoms with Gasteiger partial charge in [0.1, 0.15) is 5.75 Å². The Balaban J connectivity index is 1.26. The molecule has 1 saturated heterocycles. The molecule has 2 N–H and O–H groups in total. The van der Waals surface area contributed by atoms with Crippen molar-refractivity contribution in [3.05, 3.63) is 76.8 Å². The number of hydrogen-bond acceptors (Lipinski definition) is 4. The minimum Gasteiger partial charge on any atom is -0.495 e. The summed E-state index contributed by atoms with van der Waals surface area (Å²) in [4.78, 5) is 2.40. The molecule has 3 aromatic rings. The predicted molar refractivity (Wildman–Crippen MR) is 130 cm³/mol. The van der Waals surface area contributed by atoms with Crippen LogP contribution >= 0.6 is 11.6 Å². The number of halogens is 1. The highest BCUT2D eigenvalue weighted by Gasteiger charge is 2.32. The van der Waals surface area contributed by atoms with Crippen LogP contribution in [0.2, 0.25) is 5.02 Å². The third-order valence-corrected chi connectivity index (χ3v) is 7.05. The van der Waals surface area contributed by atoms with Crippen molar-refractivity contribution in [3.8, 4) is 5.75 Å². The van der Waals surface area contributed by atoms with Gasteiger partial charge < -0.3 is 19.8 Å². The Labute approximate surface area is 195 Å². The van der Waals surface area contributed by atoms with Gasteiger partial charge in [-0.2, -0.15) is 0 Å². The van der Waals surface area contributed by atoms with Gasteiger partial charge in [-0.1, -0.05) is 60.1 Å². The molecule has 0 aliphatic carbocycles. The number of ether oxygens (including phenoxy) is 1. The molecule has 0 saturated carbocycles. The molecule has 1 fully saturated rings. The summed E-state index contributed by atoms with van der Waals surface area (Å²) >= 11 is 6.40. The van der Waals surface area contributed by atoms with Crippen LogP contribution in [0.3, 0.4) is 0 Å². The Morgan fingerprint density at radius 1 is 1.06 bits per heavy atom. The quantitative estimate of drug-likeness (QED) is 0.480. The van der Waals surface area contributed by atoms with Crippen LogP contribution < -0.4 is 4.74 Å². The van der Waals surface area contributed by atoms with E-state index >= 15 is 0 Å². The number of nitrogens with zero attached hydrogens (tertiary/aromatic N) is 1. The molecule has 1 aliphatic rings. The first-order valence-electron chi connectivity index (χ1n) is 11.4. The van der Waals surface area contributed by atoms with Crippen molar-refractivity contribution >= 4 is 22.4 Å². The summed E-state index contributed by atoms with van der Waals surface area (Å²) < 4.78 is 5.28. The number of likely N-dealkylation sites (tertiary alicyclic amines) is 1. The molecule has 1 atom stereocenters. The monoisotopic (exact) mass is 453 g/mol. The lowest BCUT2D eigenvalue weighted by Gasteiger charge is -2.38. The highest BCUT2D eigenvalue weighted by molar-refractivity contribution is 6.37. The summed E-state index contributed by atoms with van der Waals surface area (Å²) in [6.07, 6.45) is 3.43. The molecule has 4 rings (SSSR count). The molecule has 4 nitrogen and oxygen atoms in total. The molecule has 0 bridgehead atoms. The first kappa shape index (κ1) is 23.1. The van der Waals surface area contributed by atoms with Gasteiger partial charge in [0.05, 0.1) is 23.8 Å². The average Bonchev–Trinajstić information content (AvgIpc) is 2.81. The zero-order valence-corrected chi connectivity index (χ0v) is 19.4. The van der Waals surface area contributed by atoms with Crippen LogP contribution in [-0.2, 0) is 6.42 Å². The van der Waals surface area contributed by atoms with Gasteiger partial charge in [0, 0.05) is 24.9 Å². The van der Waals surface area contributed by atoms with Crippen LogP contribution in [0, 0.1) is 0 Å². The van der Waals surface area contributed by atoms with E-state index in [1.165, 1.54) is 5.56 Å². The first-order chi connectivity index (χ1) is 15.5. The molecule has 1 heterocycles. The van der Waals surface area contributed by atoms with Gasteiger partial charge in [-0.15, -0.1) is 0 Å². The topological polar surface area (TPSA) is 52.9 Å². The van der Waals surface area contributed by atoms with Crippen molar-refractivity contribution in [3.63, 3.8) is 0 Å². The van der Waals surface area contributed by atoms with Gasteiger partial charge in [-0.05, 0) is 60.9 Å². The van der Waals surface area contributed by atoms with Crippen LogP contribution in [-0.4, -0.2) is 47.5 Å². The van der Waals surface area contributed by atoms with Gasteiger partial charge in [0.2, 0.25) is 0 Å². The summed E-state index contributed by atoms with van der Waals surface area (Å²) in [6.45, 7) is 2.74. The Bertz CT molecular complexity index is 1030. The van der Waals surface area contributed by atoms with Crippen molar-refractivity contribution in [2.24, 2.45) is 0 Å². The number of piperidine rings is 1. The number of aliphatic hydroxyl groups is 2. The van der Waals surface area contributed by atoms with E-state index in [1.807, 2.05) is 48.5 Å². The van der Waals surface area contributed by atoms with E-state index in [1.54, 1.807) is 7.11 Å². The molecule has 0 aromatic heterocycles. The molecular formula is C27H32ClNO3. The van der Waals surface area contributed by atoms with Crippen LogP contribution in [0.5, 0.6) is 5.75 Å². The number of benzene rings is 3. The fraction of sp³-hybridized carbons (Fsp3) is 0.407. The van der Waals surface area contributed by atoms with Crippen LogP contribution in [0.25, 0.3) is 10.8 Å². The Morgan fingerprint density at radius 3 is 2.53 bits per heavy atom. The largest absolute Gasteiger partial charge is 0.495 e. The third-order valence-electron chi connectivity index (χ3n) is 6.66. The van der Waals surface area contributed by atoms with Gasteiger partial charge in [0.15, 0.2) is 0 Å². The SMILES string of the molecule is COc1ccc2cc(C(O)CCCN3CCC(O)(Cc4ccccc4)CC3)ccc2c1Cl. The maximum absolute atomic E-state index is 11.0. The van der Waals surface area contributed by atoms with Gasteiger partial charge in [-0.25, -0.2) is 0 Å². The summed E-state index contributed by atoms with van der Waals surface area (Å²) in [5.74, 6) is 0.657. The number of rotatable bonds is 8. The van der Waals surface area contributed by atoms with Crippen molar-refractivity contribution in [2.45, 2.75) is 43.8 Å². The fourth-order valence-corrected chi connectivity index (χ4v) is 4.99. The molecule has 0 radical (unpaired) electrons. The number of fused-ring (bicyclic) bond motifs is 1. The maximum Gasteiger partial charge on any atom is 0.138 e. The highest BCUT2D eigenvalue weighted by atomic mass is 35.5. The molecule has 32 heavy (non-hydrogen) atoms. The lowest BCUT2D eigenvalue weighted by molar-refractivity contribution is -0.0214. The first-order valence-corrected chi connectivity index (χ1v) is 11.8. The lowest BCUT2D eigenvalue weighted by Crippen LogP contribution is -2.45. The van der Waals surface area contributed by atoms with Gasteiger partial charge in [0.25, 0.3) is 0 Å². The molecule has 0 amide bonds. The Kier molecular flexibility index (Phi) is 7.37. The van der Waals surface area contributed by atoms with Crippen LogP contribution in [0.4, 0.5) is 0 Å². The molecular weight excluding hydrogens is 422 g/mol. The van der Waals surface area contributed by atoms with Crippen molar-refractivity contribution in [2.75, 3.05) is 26.7 Å². The molecule has 5 heteroatoms. The molecule has 3 aromatic carbocycles. The zero-order valence-electron chi connectivity index (χ0n) is 18.6. The maximum atomic E-state index is 11.0. The lowest BCUT2D eigenvalue weighted by atomic mass is 9.85. The fourth-order valence-electron chi connectivity index (χ4n) is 4.68. The second-order valence-corrected chi connectivity index (χ2v) is 9.33. The standard InChI is InChI=1S/C27H32ClNO3/c1-32-25-12-10-21-18-22(9-11-23(21)26(25)28)24(30)8-5-15-29-16-13-27(31,14-17-29)19-20-6-3-2-4-7-20/h2-4,6-7,9-12,18,24,30-31H,5,8,13-17,19H2,1H3. The second-order valence-electron chi connectivity index (χ2n) is 8.95. The summed E-state index contributed by atoms with van der Waals surface area (Å²) in [5.41, 5.74) is 1.50. The van der Waals surface area contributed by atoms with E-state index in [0.29, 0.717) is 17.2 Å². The van der Waals surface area contributed by atoms with E-state index in [0.717, 1.165) is 61.7 Å². The second kappa shape index (κ2) is 10.2. The molecule has 1 unspecified atom stereocenters. The summed E-state index contributed by atoms with van der Waals surface area (Å²) in [6, 6.07) is 20.0. The summed E-state index contributed by atoms with van der Waals surface area (Å²) in [7, 11) is 1.61. The van der Waals surface area contributed by atoms with E-state index in [9.17, 15) is 10.2 Å². The number of aliphatic hydroxyl groups excluding tert-OH is 1. The van der Waals surface area contributed by atoms with Crippen molar-refractivity contribution < 1.29 is 14.9 Å². The third kappa shape index (κ3) is 5.44. The normalized spacial score (nSPS) is 17.4. The smallest absolute Gasteiger partial charge is 0.138 e. The molecule has 1 aliphatic heterocycles. The van der Waals surface area contributed by atoms with E-state index in [2.05, 4.69) is 17.0 Å². The Morgan fingerprint density at radius 2 is 1.81 bits per heavy atom. The van der Waals surface area contributed by atoms with Crippen molar-refractivity contribution in [1.29, 1.82) is 0 Å². The van der Waals surface area contributed by atoms with Gasteiger partial charge >= 0.3 is 0 Å². The summed E-state index contributed by atoms with van der Waals surface area (Å²) in [5, 5.41) is 24.2. The number of methoxy groups -OCH3 is 1. The van der Waals surface area contributed by atoms with E-state index in [-0.39, 0.29) is 0 Å². The predicted octanol–water partition coefficient (Wildman–Crippen LogP) is 5.39. The Hall–Kier alpha value is -2.11. The van der Waals surface area contributed by atoms with Gasteiger partial charge in [-0.3, -0.25) is 0 Å². The molecule has 170 valence electrons. The average molecular weight is 454 g/mol. The highest BCUT2D eigenvalue weighted by Crippen LogP contribution is 2.34.